The highest BCUT2D eigenvalue weighted by molar-refractivity contribution is 5.90. The zero-order valence-corrected chi connectivity index (χ0v) is 14.5. The molecule has 0 saturated carbocycles. The number of rotatable bonds is 6. The fraction of sp³-hybridized carbons (Fsp3) is 0.286. The third-order valence-electron chi connectivity index (χ3n) is 4.97. The highest BCUT2D eigenvalue weighted by Gasteiger charge is 2.31. The van der Waals surface area contributed by atoms with E-state index in [9.17, 15) is 9.90 Å². The van der Waals surface area contributed by atoms with Crippen LogP contribution in [0.25, 0.3) is 10.9 Å². The van der Waals surface area contributed by atoms with Crippen LogP contribution >= 0.6 is 0 Å². The van der Waals surface area contributed by atoms with Crippen LogP contribution in [-0.2, 0) is 11.4 Å². The van der Waals surface area contributed by atoms with Crippen LogP contribution in [0.2, 0.25) is 0 Å². The molecule has 134 valence electrons. The molecule has 1 aliphatic rings. The van der Waals surface area contributed by atoms with Gasteiger partial charge in [-0.05, 0) is 43.6 Å². The number of aromatic amines is 1. The predicted octanol–water partition coefficient (Wildman–Crippen LogP) is 3.97. The second kappa shape index (κ2) is 7.22. The number of aliphatic carboxylic acids is 1. The summed E-state index contributed by atoms with van der Waals surface area (Å²) in [6.07, 6.45) is 3.94. The largest absolute Gasteiger partial charge is 0.489 e. The summed E-state index contributed by atoms with van der Waals surface area (Å²) < 4.78 is 5.87. The topological polar surface area (TPSA) is 65.6 Å². The van der Waals surface area contributed by atoms with Crippen molar-refractivity contribution in [3.63, 3.8) is 0 Å². The molecule has 5 nitrogen and oxygen atoms in total. The number of fused-ring (bicyclic) bond motifs is 1. The van der Waals surface area contributed by atoms with Gasteiger partial charge in [0.2, 0.25) is 0 Å². The Kier molecular flexibility index (Phi) is 4.63. The number of ether oxygens (including phenoxy) is 1. The first-order chi connectivity index (χ1) is 12.7. The molecule has 4 rings (SSSR count). The van der Waals surface area contributed by atoms with E-state index in [0.717, 1.165) is 53.7 Å². The zero-order valence-electron chi connectivity index (χ0n) is 14.5. The number of nitrogens with one attached hydrogen (secondary N) is 1. The average molecular weight is 350 g/mol. The van der Waals surface area contributed by atoms with Crippen LogP contribution in [0.4, 0.5) is 0 Å². The Hall–Kier alpha value is -2.79. The highest BCUT2D eigenvalue weighted by Crippen LogP contribution is 2.32. The third-order valence-corrected chi connectivity index (χ3v) is 4.97. The summed E-state index contributed by atoms with van der Waals surface area (Å²) in [5.74, 6) is -0.0278. The van der Waals surface area contributed by atoms with Crippen LogP contribution in [0.1, 0.15) is 30.0 Å². The van der Waals surface area contributed by atoms with Crippen molar-refractivity contribution in [1.82, 2.24) is 9.88 Å². The summed E-state index contributed by atoms with van der Waals surface area (Å²) in [6, 6.07) is 15.2. The van der Waals surface area contributed by atoms with E-state index in [-0.39, 0.29) is 0 Å². The molecule has 2 N–H and O–H groups in total. The lowest BCUT2D eigenvalue weighted by Crippen LogP contribution is -2.31. The number of nitrogens with zero attached hydrogens (tertiary/aromatic N) is 1. The van der Waals surface area contributed by atoms with Crippen LogP contribution in [-0.4, -0.2) is 34.0 Å². The van der Waals surface area contributed by atoms with Crippen LogP contribution in [0.15, 0.2) is 54.7 Å². The third kappa shape index (κ3) is 3.30. The van der Waals surface area contributed by atoms with Gasteiger partial charge in [-0.1, -0.05) is 30.3 Å². The van der Waals surface area contributed by atoms with Crippen molar-refractivity contribution in [2.45, 2.75) is 25.5 Å². The minimum Gasteiger partial charge on any atom is -0.489 e. The number of carboxylic acid groups (broad SMARTS) is 1. The number of carboxylic acids is 1. The van der Waals surface area contributed by atoms with Crippen molar-refractivity contribution in [3.05, 3.63) is 65.9 Å². The predicted molar refractivity (Wildman–Crippen MR) is 100 cm³/mol. The SMILES string of the molecule is O=C(O)[C@@H](c1c[nH]c2cc(OCc3ccccc3)ccc12)N1CCCC1. The molecule has 1 aliphatic heterocycles. The fourth-order valence-corrected chi connectivity index (χ4v) is 3.67. The van der Waals surface area contributed by atoms with Gasteiger partial charge in [-0.25, -0.2) is 0 Å². The molecule has 0 amide bonds. The van der Waals surface area contributed by atoms with Crippen LogP contribution < -0.4 is 4.74 Å². The summed E-state index contributed by atoms with van der Waals surface area (Å²) in [4.78, 5) is 17.1. The number of H-pyrrole nitrogens is 1. The number of benzene rings is 2. The van der Waals surface area contributed by atoms with Crippen molar-refractivity contribution in [1.29, 1.82) is 0 Å². The Bertz CT molecular complexity index is 898. The van der Waals surface area contributed by atoms with E-state index in [1.807, 2.05) is 59.6 Å². The first kappa shape index (κ1) is 16.7. The van der Waals surface area contributed by atoms with E-state index < -0.39 is 12.0 Å². The lowest BCUT2D eigenvalue weighted by atomic mass is 10.0. The molecule has 3 aromatic rings. The van der Waals surface area contributed by atoms with Crippen LogP contribution in [0, 0.1) is 0 Å². The van der Waals surface area contributed by atoms with E-state index >= 15 is 0 Å². The van der Waals surface area contributed by atoms with Crippen molar-refractivity contribution in [2.24, 2.45) is 0 Å². The first-order valence-corrected chi connectivity index (χ1v) is 8.97. The van der Waals surface area contributed by atoms with Crippen LogP contribution in [0.5, 0.6) is 5.75 Å². The van der Waals surface area contributed by atoms with Gasteiger partial charge in [-0.2, -0.15) is 0 Å². The molecular weight excluding hydrogens is 328 g/mol. The quantitative estimate of drug-likeness (QED) is 0.706. The molecule has 0 aliphatic carbocycles. The van der Waals surface area contributed by atoms with Gasteiger partial charge in [0.15, 0.2) is 0 Å². The molecule has 26 heavy (non-hydrogen) atoms. The molecule has 0 radical (unpaired) electrons. The van der Waals surface area contributed by atoms with Crippen LogP contribution in [0.3, 0.4) is 0 Å². The van der Waals surface area contributed by atoms with Crippen molar-refractivity contribution < 1.29 is 14.6 Å². The van der Waals surface area contributed by atoms with E-state index in [0.29, 0.717) is 6.61 Å². The van der Waals surface area contributed by atoms with Crippen molar-refractivity contribution >= 4 is 16.9 Å². The Labute approximate surface area is 152 Å². The minimum atomic E-state index is -0.794. The van der Waals surface area contributed by atoms with Crippen molar-refractivity contribution in [3.8, 4) is 5.75 Å². The van der Waals surface area contributed by atoms with Gasteiger partial charge in [0.25, 0.3) is 0 Å². The minimum absolute atomic E-state index is 0.505. The summed E-state index contributed by atoms with van der Waals surface area (Å²) in [7, 11) is 0. The van der Waals surface area contributed by atoms with E-state index in [4.69, 9.17) is 4.74 Å². The number of aromatic nitrogens is 1. The van der Waals surface area contributed by atoms with E-state index in [1.54, 1.807) is 0 Å². The van der Waals surface area contributed by atoms with Gasteiger partial charge in [0.1, 0.15) is 18.4 Å². The molecule has 0 spiro atoms. The molecule has 0 unspecified atom stereocenters. The summed E-state index contributed by atoms with van der Waals surface area (Å²) in [5, 5.41) is 10.7. The monoisotopic (exact) mass is 350 g/mol. The molecule has 2 aromatic carbocycles. The molecule has 1 atom stereocenters. The molecule has 2 heterocycles. The molecule has 1 fully saturated rings. The standard InChI is InChI=1S/C21H22N2O3/c24-21(25)20(23-10-4-5-11-23)18-13-22-19-12-16(8-9-17(18)19)26-14-15-6-2-1-3-7-15/h1-3,6-9,12-13,20,22H,4-5,10-11,14H2,(H,24,25)/t20-/m1/s1. The number of hydrogen-bond acceptors (Lipinski definition) is 3. The van der Waals surface area contributed by atoms with Gasteiger partial charge < -0.3 is 14.8 Å². The summed E-state index contributed by atoms with van der Waals surface area (Å²) in [5.41, 5.74) is 2.83. The number of carbonyl (C=O) groups is 1. The Morgan fingerprint density at radius 2 is 1.92 bits per heavy atom. The smallest absolute Gasteiger partial charge is 0.325 e. The Balaban J connectivity index is 1.57. The second-order valence-electron chi connectivity index (χ2n) is 6.71. The van der Waals surface area contributed by atoms with E-state index in [2.05, 4.69) is 4.98 Å². The van der Waals surface area contributed by atoms with Gasteiger partial charge in [-0.15, -0.1) is 0 Å². The van der Waals surface area contributed by atoms with Gasteiger partial charge in [-0.3, -0.25) is 9.69 Å². The maximum absolute atomic E-state index is 11.9. The lowest BCUT2D eigenvalue weighted by Gasteiger charge is -2.23. The first-order valence-electron chi connectivity index (χ1n) is 8.97. The van der Waals surface area contributed by atoms with Gasteiger partial charge in [0, 0.05) is 28.7 Å². The van der Waals surface area contributed by atoms with E-state index in [1.165, 1.54) is 0 Å². The molecule has 1 saturated heterocycles. The molecule has 0 bridgehead atoms. The van der Waals surface area contributed by atoms with Crippen molar-refractivity contribution in [2.75, 3.05) is 13.1 Å². The molecular formula is C21H22N2O3. The average Bonchev–Trinajstić information content (AvgIpc) is 3.31. The number of hydrogen-bond donors (Lipinski definition) is 2. The zero-order chi connectivity index (χ0) is 17.9. The van der Waals surface area contributed by atoms with Gasteiger partial charge in [0.05, 0.1) is 0 Å². The molecule has 1 aromatic heterocycles. The normalized spacial score (nSPS) is 16.0. The Morgan fingerprint density at radius 3 is 2.65 bits per heavy atom. The highest BCUT2D eigenvalue weighted by atomic mass is 16.5. The Morgan fingerprint density at radius 1 is 1.15 bits per heavy atom. The molecule has 5 heteroatoms. The lowest BCUT2D eigenvalue weighted by molar-refractivity contribution is -0.143. The summed E-state index contributed by atoms with van der Waals surface area (Å²) in [6.45, 7) is 2.18. The van der Waals surface area contributed by atoms with Gasteiger partial charge >= 0.3 is 5.97 Å². The fourth-order valence-electron chi connectivity index (χ4n) is 3.67. The number of likely N-dealkylation sites (tertiary alicyclic amines) is 1. The summed E-state index contributed by atoms with van der Waals surface area (Å²) >= 11 is 0. The second-order valence-corrected chi connectivity index (χ2v) is 6.71. The maximum atomic E-state index is 11.9. The maximum Gasteiger partial charge on any atom is 0.325 e.